The predicted octanol–water partition coefficient (Wildman–Crippen LogP) is 0.498. The van der Waals surface area contributed by atoms with Crippen molar-refractivity contribution in [1.82, 2.24) is 4.90 Å². The first kappa shape index (κ1) is 6.46. The van der Waals surface area contributed by atoms with E-state index in [-0.39, 0.29) is 10.8 Å². The fourth-order valence-corrected chi connectivity index (χ4v) is 3.36. The Morgan fingerprint density at radius 3 is 1.92 bits per heavy atom. The van der Waals surface area contributed by atoms with Crippen LogP contribution in [0.1, 0.15) is 12.8 Å². The van der Waals surface area contributed by atoms with Crippen molar-refractivity contribution in [2.24, 2.45) is 10.8 Å². The first-order valence-corrected chi connectivity index (χ1v) is 4.37. The lowest BCUT2D eigenvalue weighted by molar-refractivity contribution is 0.345. The molecule has 0 spiro atoms. The van der Waals surface area contributed by atoms with Crippen LogP contribution in [0.3, 0.4) is 0 Å². The summed E-state index contributed by atoms with van der Waals surface area (Å²) in [4.78, 5) is 2.31. The molecular formula is C9H9N3. The van der Waals surface area contributed by atoms with Crippen molar-refractivity contribution < 1.29 is 0 Å². The summed E-state index contributed by atoms with van der Waals surface area (Å²) in [6.45, 7) is 2.06. The highest BCUT2D eigenvalue weighted by molar-refractivity contribution is 5.46. The molecule has 2 atom stereocenters. The summed E-state index contributed by atoms with van der Waals surface area (Å²) >= 11 is 0. The lowest BCUT2D eigenvalue weighted by atomic mass is 9.91. The summed E-state index contributed by atoms with van der Waals surface area (Å²) < 4.78 is 0. The number of hydrogen-bond acceptors (Lipinski definition) is 3. The van der Waals surface area contributed by atoms with Gasteiger partial charge >= 0.3 is 0 Å². The van der Waals surface area contributed by atoms with Crippen molar-refractivity contribution >= 4 is 0 Å². The van der Waals surface area contributed by atoms with Crippen molar-refractivity contribution in [1.29, 1.82) is 10.5 Å². The maximum Gasteiger partial charge on any atom is 0.0958 e. The van der Waals surface area contributed by atoms with E-state index in [0.29, 0.717) is 6.04 Å². The van der Waals surface area contributed by atoms with E-state index in [1.807, 2.05) is 0 Å². The minimum atomic E-state index is -0.264. The molecule has 1 aliphatic carbocycles. The lowest BCUT2D eigenvalue weighted by Gasteiger charge is -2.07. The zero-order chi connectivity index (χ0) is 8.40. The predicted molar refractivity (Wildman–Crippen MR) is 40.7 cm³/mol. The van der Waals surface area contributed by atoms with E-state index < -0.39 is 0 Å². The third-order valence-electron chi connectivity index (χ3n) is 4.00. The molecule has 2 heterocycles. The van der Waals surface area contributed by atoms with Crippen LogP contribution in [0, 0.1) is 33.5 Å². The van der Waals surface area contributed by atoms with Crippen LogP contribution in [0.5, 0.6) is 0 Å². The fraction of sp³-hybridized carbons (Fsp3) is 0.778. The van der Waals surface area contributed by atoms with E-state index in [1.165, 1.54) is 0 Å². The van der Waals surface area contributed by atoms with Crippen molar-refractivity contribution in [2.75, 3.05) is 13.1 Å². The van der Waals surface area contributed by atoms with E-state index in [4.69, 9.17) is 10.5 Å². The summed E-state index contributed by atoms with van der Waals surface area (Å²) in [7, 11) is 0. The summed E-state index contributed by atoms with van der Waals surface area (Å²) in [5.74, 6) is 0. The van der Waals surface area contributed by atoms with Crippen LogP contribution < -0.4 is 0 Å². The quantitative estimate of drug-likeness (QED) is 0.517. The molecule has 3 rings (SSSR count). The standard InChI is InChI=1S/C9H9N3/c10-5-8-1-3-12-4-2-9(8,6-11)7(8)12/h7H,1-4H2. The monoisotopic (exact) mass is 159 g/mol. The second-order valence-corrected chi connectivity index (χ2v) is 4.10. The number of fused-ring (bicyclic) bond motifs is 1. The van der Waals surface area contributed by atoms with Crippen molar-refractivity contribution in [2.45, 2.75) is 18.9 Å². The maximum atomic E-state index is 9.06. The van der Waals surface area contributed by atoms with Gasteiger partial charge in [-0.25, -0.2) is 0 Å². The Bertz CT molecular complexity index is 305. The summed E-state index contributed by atoms with van der Waals surface area (Å²) in [6.07, 6.45) is 1.84. The van der Waals surface area contributed by atoms with Gasteiger partial charge in [-0.2, -0.15) is 10.5 Å². The van der Waals surface area contributed by atoms with Gasteiger partial charge in [0.25, 0.3) is 0 Å². The number of piperidine rings is 2. The van der Waals surface area contributed by atoms with Gasteiger partial charge in [0.2, 0.25) is 0 Å². The smallest absolute Gasteiger partial charge is 0.0958 e. The molecule has 3 nitrogen and oxygen atoms in total. The Morgan fingerprint density at radius 2 is 1.58 bits per heavy atom. The van der Waals surface area contributed by atoms with Crippen LogP contribution in [0.2, 0.25) is 0 Å². The largest absolute Gasteiger partial charge is 0.297 e. The first-order valence-electron chi connectivity index (χ1n) is 4.37. The van der Waals surface area contributed by atoms with E-state index in [0.717, 1.165) is 25.9 Å². The van der Waals surface area contributed by atoms with Crippen molar-refractivity contribution in [3.63, 3.8) is 0 Å². The van der Waals surface area contributed by atoms with Crippen LogP contribution in [0.15, 0.2) is 0 Å². The molecule has 0 N–H and O–H groups in total. The molecule has 2 aliphatic heterocycles. The molecule has 0 aromatic rings. The maximum absolute atomic E-state index is 9.06. The van der Waals surface area contributed by atoms with Crippen molar-refractivity contribution in [3.8, 4) is 12.1 Å². The van der Waals surface area contributed by atoms with Crippen LogP contribution in [0.25, 0.3) is 0 Å². The van der Waals surface area contributed by atoms with E-state index in [1.54, 1.807) is 0 Å². The highest BCUT2D eigenvalue weighted by Crippen LogP contribution is 2.75. The van der Waals surface area contributed by atoms with Gasteiger partial charge in [0, 0.05) is 13.1 Å². The van der Waals surface area contributed by atoms with Crippen LogP contribution >= 0.6 is 0 Å². The Balaban J connectivity index is 2.13. The SMILES string of the molecule is N#CC12CCN3CCC1(C#N)C32. The van der Waals surface area contributed by atoms with Gasteiger partial charge in [-0.15, -0.1) is 0 Å². The van der Waals surface area contributed by atoms with E-state index in [2.05, 4.69) is 17.0 Å². The average molecular weight is 159 g/mol. The highest BCUT2D eigenvalue weighted by atomic mass is 15.3. The van der Waals surface area contributed by atoms with Gasteiger partial charge in [-0.1, -0.05) is 0 Å². The van der Waals surface area contributed by atoms with Crippen LogP contribution in [-0.2, 0) is 0 Å². The minimum absolute atomic E-state index is 0.264. The topological polar surface area (TPSA) is 50.8 Å². The zero-order valence-corrected chi connectivity index (χ0v) is 6.75. The molecular weight excluding hydrogens is 150 g/mol. The molecule has 2 unspecified atom stereocenters. The van der Waals surface area contributed by atoms with Gasteiger partial charge < -0.3 is 0 Å². The molecule has 60 valence electrons. The van der Waals surface area contributed by atoms with Crippen LogP contribution in [0.4, 0.5) is 0 Å². The second kappa shape index (κ2) is 1.51. The Hall–Kier alpha value is -1.06. The third-order valence-corrected chi connectivity index (χ3v) is 4.00. The third kappa shape index (κ3) is 0.353. The molecule has 1 saturated carbocycles. The van der Waals surface area contributed by atoms with Gasteiger partial charge in [0.15, 0.2) is 0 Å². The average Bonchev–Trinajstić information content (AvgIpc) is 2.43. The van der Waals surface area contributed by atoms with E-state index >= 15 is 0 Å². The number of rotatable bonds is 0. The molecule has 0 radical (unpaired) electrons. The van der Waals surface area contributed by atoms with Crippen LogP contribution in [-0.4, -0.2) is 24.0 Å². The van der Waals surface area contributed by atoms with E-state index in [9.17, 15) is 0 Å². The molecule has 0 aromatic carbocycles. The molecule has 12 heavy (non-hydrogen) atoms. The highest BCUT2D eigenvalue weighted by Gasteiger charge is 2.84. The molecule has 3 fully saturated rings. The van der Waals surface area contributed by atoms with Gasteiger partial charge in [0.05, 0.1) is 29.0 Å². The lowest BCUT2D eigenvalue weighted by Crippen LogP contribution is -2.19. The summed E-state index contributed by atoms with van der Waals surface area (Å²) in [5, 5.41) is 18.1. The molecule has 3 heteroatoms. The number of nitriles is 2. The number of nitrogens with zero attached hydrogens (tertiary/aromatic N) is 3. The molecule has 2 saturated heterocycles. The summed E-state index contributed by atoms with van der Waals surface area (Å²) in [5.41, 5.74) is -0.528. The Morgan fingerprint density at radius 1 is 1.08 bits per heavy atom. The fourth-order valence-electron chi connectivity index (χ4n) is 3.36. The minimum Gasteiger partial charge on any atom is -0.297 e. The molecule has 0 bridgehead atoms. The Kier molecular flexibility index (Phi) is 0.812. The van der Waals surface area contributed by atoms with Crippen molar-refractivity contribution in [3.05, 3.63) is 0 Å². The molecule has 0 aromatic heterocycles. The molecule has 3 aliphatic rings. The first-order chi connectivity index (χ1) is 5.81. The van der Waals surface area contributed by atoms with Gasteiger partial charge in [-0.05, 0) is 12.8 Å². The normalized spacial score (nSPS) is 54.3. The summed E-state index contributed by atoms with van der Waals surface area (Å²) in [6, 6.07) is 5.04. The zero-order valence-electron chi connectivity index (χ0n) is 6.75. The molecule has 0 amide bonds. The Labute approximate surface area is 71.2 Å². The van der Waals surface area contributed by atoms with Gasteiger partial charge in [0.1, 0.15) is 0 Å². The number of hydrogen-bond donors (Lipinski definition) is 0. The second-order valence-electron chi connectivity index (χ2n) is 4.10. The van der Waals surface area contributed by atoms with Gasteiger partial charge in [-0.3, -0.25) is 4.90 Å².